The van der Waals surface area contributed by atoms with Gasteiger partial charge in [0, 0.05) is 7.11 Å². The summed E-state index contributed by atoms with van der Waals surface area (Å²) in [5.41, 5.74) is 2.26. The van der Waals surface area contributed by atoms with Crippen LogP contribution in [0.4, 0.5) is 0 Å². The van der Waals surface area contributed by atoms with Crippen molar-refractivity contribution in [1.82, 2.24) is 0 Å². The van der Waals surface area contributed by atoms with Gasteiger partial charge in [-0.2, -0.15) is 0 Å². The molecule has 0 bridgehead atoms. The molecule has 0 aliphatic heterocycles. The molecule has 0 amide bonds. The molecule has 1 N–H and O–H groups in total. The molecule has 1 aliphatic carbocycles. The van der Waals surface area contributed by atoms with Crippen molar-refractivity contribution in [3.63, 3.8) is 0 Å². The summed E-state index contributed by atoms with van der Waals surface area (Å²) >= 11 is 3.36. The zero-order valence-corrected chi connectivity index (χ0v) is 11.0. The van der Waals surface area contributed by atoms with E-state index in [4.69, 9.17) is 9.47 Å². The third-order valence-corrected chi connectivity index (χ3v) is 3.43. The van der Waals surface area contributed by atoms with Gasteiger partial charge in [0.2, 0.25) is 0 Å². The highest BCUT2D eigenvalue weighted by molar-refractivity contribution is 9.10. The van der Waals surface area contributed by atoms with E-state index < -0.39 is 5.97 Å². The Labute approximate surface area is 108 Å². The summed E-state index contributed by atoms with van der Waals surface area (Å²) < 4.78 is 10.8. The highest BCUT2D eigenvalue weighted by Gasteiger charge is 2.25. The minimum Gasteiger partial charge on any atom is -0.478 e. The van der Waals surface area contributed by atoms with Crippen LogP contribution in [-0.2, 0) is 17.6 Å². The van der Waals surface area contributed by atoms with Crippen molar-refractivity contribution < 1.29 is 19.4 Å². The largest absolute Gasteiger partial charge is 0.478 e. The Hall–Kier alpha value is -1.07. The Kier molecular flexibility index (Phi) is 3.69. The molecule has 0 aromatic heterocycles. The molecule has 1 aromatic rings. The molecule has 92 valence electrons. The Morgan fingerprint density at radius 3 is 2.94 bits per heavy atom. The fourth-order valence-corrected chi connectivity index (χ4v) is 2.76. The van der Waals surface area contributed by atoms with Crippen molar-refractivity contribution in [2.24, 2.45) is 0 Å². The van der Waals surface area contributed by atoms with Crippen LogP contribution in [0.2, 0.25) is 0 Å². The lowest BCUT2D eigenvalue weighted by Gasteiger charge is -2.14. The molecule has 1 aliphatic rings. The van der Waals surface area contributed by atoms with Gasteiger partial charge < -0.3 is 14.6 Å². The third-order valence-electron chi connectivity index (χ3n) is 2.84. The lowest BCUT2D eigenvalue weighted by molar-refractivity contribution is 0.0477. The monoisotopic (exact) mass is 300 g/mol. The second-order valence-corrected chi connectivity index (χ2v) is 4.76. The molecule has 1 aromatic carbocycles. The van der Waals surface area contributed by atoms with Crippen molar-refractivity contribution >= 4 is 21.9 Å². The van der Waals surface area contributed by atoms with Crippen molar-refractivity contribution in [3.05, 3.63) is 27.2 Å². The Morgan fingerprint density at radius 1 is 1.53 bits per heavy atom. The summed E-state index contributed by atoms with van der Waals surface area (Å²) in [5, 5.41) is 9.31. The lowest BCUT2D eigenvalue weighted by atomic mass is 10.0. The summed E-state index contributed by atoms with van der Waals surface area (Å²) in [6.07, 6.45) is 2.72. The number of rotatable bonds is 4. The molecule has 0 unspecified atom stereocenters. The first kappa shape index (κ1) is 12.4. The van der Waals surface area contributed by atoms with Gasteiger partial charge in [-0.15, -0.1) is 0 Å². The molecule has 0 fully saturated rings. The van der Waals surface area contributed by atoms with E-state index in [9.17, 15) is 9.90 Å². The maximum Gasteiger partial charge on any atom is 0.339 e. The number of carbonyl (C=O) groups is 1. The van der Waals surface area contributed by atoms with E-state index in [0.29, 0.717) is 10.2 Å². The van der Waals surface area contributed by atoms with Crippen LogP contribution >= 0.6 is 15.9 Å². The molecule has 2 rings (SSSR count). The molecule has 0 saturated carbocycles. The highest BCUT2D eigenvalue weighted by Crippen LogP contribution is 2.38. The first-order chi connectivity index (χ1) is 8.15. The number of carboxylic acids is 1. The first-order valence-corrected chi connectivity index (χ1v) is 6.13. The van der Waals surface area contributed by atoms with Crippen LogP contribution in [0, 0.1) is 0 Å². The normalized spacial score (nSPS) is 13.5. The Morgan fingerprint density at radius 2 is 2.29 bits per heavy atom. The van der Waals surface area contributed by atoms with Crippen molar-refractivity contribution in [2.45, 2.75) is 19.3 Å². The van der Waals surface area contributed by atoms with E-state index in [2.05, 4.69) is 15.9 Å². The van der Waals surface area contributed by atoms with Gasteiger partial charge in [-0.3, -0.25) is 0 Å². The molecule has 0 radical (unpaired) electrons. The van der Waals surface area contributed by atoms with E-state index in [-0.39, 0.29) is 12.4 Å². The lowest BCUT2D eigenvalue weighted by Crippen LogP contribution is -2.09. The SMILES string of the molecule is COCOc1c(Br)cc2c(c1C(=O)O)CCC2. The van der Waals surface area contributed by atoms with E-state index in [0.717, 1.165) is 30.4 Å². The van der Waals surface area contributed by atoms with Crippen molar-refractivity contribution in [2.75, 3.05) is 13.9 Å². The van der Waals surface area contributed by atoms with E-state index >= 15 is 0 Å². The van der Waals surface area contributed by atoms with Crippen LogP contribution in [0.15, 0.2) is 10.5 Å². The zero-order chi connectivity index (χ0) is 12.4. The van der Waals surface area contributed by atoms with Gasteiger partial charge in [0.15, 0.2) is 12.5 Å². The van der Waals surface area contributed by atoms with Crippen LogP contribution in [-0.4, -0.2) is 25.0 Å². The average Bonchev–Trinajstić information content (AvgIpc) is 2.72. The third kappa shape index (κ3) is 2.30. The van der Waals surface area contributed by atoms with Crippen LogP contribution in [0.25, 0.3) is 0 Å². The van der Waals surface area contributed by atoms with E-state index in [1.807, 2.05) is 6.07 Å². The molecular weight excluding hydrogens is 288 g/mol. The predicted octanol–water partition coefficient (Wildman–Crippen LogP) is 2.62. The maximum atomic E-state index is 11.4. The number of fused-ring (bicyclic) bond motifs is 1. The summed E-state index contributed by atoms with van der Waals surface area (Å²) in [6, 6.07) is 1.94. The number of aromatic carboxylic acids is 1. The minimum atomic E-state index is -0.949. The van der Waals surface area contributed by atoms with Gasteiger partial charge in [0.05, 0.1) is 4.47 Å². The van der Waals surface area contributed by atoms with Gasteiger partial charge >= 0.3 is 5.97 Å². The number of hydrogen-bond acceptors (Lipinski definition) is 3. The van der Waals surface area contributed by atoms with Crippen LogP contribution in [0.5, 0.6) is 5.75 Å². The number of carboxylic acid groups (broad SMARTS) is 1. The first-order valence-electron chi connectivity index (χ1n) is 5.34. The van der Waals surface area contributed by atoms with Crippen molar-refractivity contribution in [3.8, 4) is 5.75 Å². The molecule has 4 nitrogen and oxygen atoms in total. The van der Waals surface area contributed by atoms with Gasteiger partial charge in [-0.25, -0.2) is 4.79 Å². The summed E-state index contributed by atoms with van der Waals surface area (Å²) in [4.78, 5) is 11.4. The second kappa shape index (κ2) is 5.06. The van der Waals surface area contributed by atoms with Crippen molar-refractivity contribution in [1.29, 1.82) is 0 Å². The number of hydrogen-bond donors (Lipinski definition) is 1. The predicted molar refractivity (Wildman–Crippen MR) is 65.6 cm³/mol. The molecule has 5 heteroatoms. The molecule has 17 heavy (non-hydrogen) atoms. The van der Waals surface area contributed by atoms with Crippen LogP contribution < -0.4 is 4.74 Å². The average molecular weight is 301 g/mol. The summed E-state index contributed by atoms with van der Waals surface area (Å²) in [5.74, 6) is -0.587. The Bertz CT molecular complexity index is 456. The summed E-state index contributed by atoms with van der Waals surface area (Å²) in [7, 11) is 1.50. The summed E-state index contributed by atoms with van der Waals surface area (Å²) in [6.45, 7) is 0.0394. The van der Waals surface area contributed by atoms with E-state index in [1.54, 1.807) is 0 Å². The van der Waals surface area contributed by atoms with Crippen LogP contribution in [0.1, 0.15) is 27.9 Å². The maximum absolute atomic E-state index is 11.4. The zero-order valence-electron chi connectivity index (χ0n) is 9.46. The smallest absolute Gasteiger partial charge is 0.339 e. The molecule has 0 spiro atoms. The molecule has 0 heterocycles. The number of aryl methyl sites for hydroxylation is 1. The fraction of sp³-hybridized carbons (Fsp3) is 0.417. The topological polar surface area (TPSA) is 55.8 Å². The number of halogens is 1. The second-order valence-electron chi connectivity index (χ2n) is 3.91. The molecular formula is C12H13BrO4. The van der Waals surface area contributed by atoms with Crippen LogP contribution in [0.3, 0.4) is 0 Å². The molecule has 0 atom stereocenters. The fourth-order valence-electron chi connectivity index (χ4n) is 2.17. The standard InChI is InChI=1S/C12H13BrO4/c1-16-6-17-11-9(13)5-7-3-2-4-8(7)10(11)12(14)15/h5H,2-4,6H2,1H3,(H,14,15). The Balaban J connectivity index is 2.52. The van der Waals surface area contributed by atoms with Gasteiger partial charge in [0.25, 0.3) is 0 Å². The van der Waals surface area contributed by atoms with Gasteiger partial charge in [0.1, 0.15) is 5.56 Å². The quantitative estimate of drug-likeness (QED) is 0.869. The van der Waals surface area contributed by atoms with Gasteiger partial charge in [-0.05, 0) is 52.4 Å². The number of benzene rings is 1. The van der Waals surface area contributed by atoms with E-state index in [1.165, 1.54) is 7.11 Å². The van der Waals surface area contributed by atoms with Gasteiger partial charge in [-0.1, -0.05) is 0 Å². The number of ether oxygens (including phenoxy) is 2. The highest BCUT2D eigenvalue weighted by atomic mass is 79.9. The number of methoxy groups -OCH3 is 1. The minimum absolute atomic E-state index is 0.0394. The molecule has 0 saturated heterocycles.